The number of ether oxygens (including phenoxy) is 2. The van der Waals surface area contributed by atoms with Crippen molar-refractivity contribution >= 4 is 22.8 Å². The van der Waals surface area contributed by atoms with Gasteiger partial charge in [0.05, 0.1) is 31.1 Å². The average Bonchev–Trinajstić information content (AvgIpc) is 3.60. The van der Waals surface area contributed by atoms with E-state index in [4.69, 9.17) is 9.47 Å². The zero-order chi connectivity index (χ0) is 28.8. The summed E-state index contributed by atoms with van der Waals surface area (Å²) < 4.78 is 25.9. The molecule has 9 nitrogen and oxygen atoms in total. The van der Waals surface area contributed by atoms with Gasteiger partial charge in [-0.25, -0.2) is 8.51 Å². The molecule has 1 aliphatic carbocycles. The van der Waals surface area contributed by atoms with E-state index in [0.29, 0.717) is 17.3 Å². The normalized spacial score (nSPS) is 17.5. The van der Waals surface area contributed by atoms with Gasteiger partial charge in [0.2, 0.25) is 11.8 Å². The largest absolute Gasteiger partial charge is 0.497 e. The summed E-state index contributed by atoms with van der Waals surface area (Å²) in [4.78, 5) is 30.4. The van der Waals surface area contributed by atoms with Crippen LogP contribution in [0, 0.1) is 13.8 Å². The minimum atomic E-state index is -1.53. The summed E-state index contributed by atoms with van der Waals surface area (Å²) in [7, 11) is 3.48. The molecule has 2 aromatic rings. The fourth-order valence-electron chi connectivity index (χ4n) is 5.61. The van der Waals surface area contributed by atoms with Gasteiger partial charge in [0.1, 0.15) is 29.1 Å². The maximum absolute atomic E-state index is 13.1. The number of aryl methyl sites for hydroxylation is 3. The molecule has 40 heavy (non-hydrogen) atoms. The van der Waals surface area contributed by atoms with Crippen LogP contribution in [0.25, 0.3) is 0 Å². The van der Waals surface area contributed by atoms with Crippen molar-refractivity contribution in [2.24, 2.45) is 0 Å². The van der Waals surface area contributed by atoms with Gasteiger partial charge in [0, 0.05) is 20.6 Å². The minimum Gasteiger partial charge on any atom is -0.497 e. The second-order valence-electron chi connectivity index (χ2n) is 10.7. The first-order valence-electron chi connectivity index (χ1n) is 14.0. The molecule has 2 amide bonds. The second-order valence-corrected chi connectivity index (χ2v) is 12.2. The number of methoxy groups -OCH3 is 1. The Morgan fingerprint density at radius 2 is 1.77 bits per heavy atom. The number of rotatable bonds is 12. The van der Waals surface area contributed by atoms with E-state index in [1.54, 1.807) is 26.1 Å². The number of amides is 2. The molecule has 2 aliphatic rings. The van der Waals surface area contributed by atoms with E-state index < -0.39 is 11.0 Å². The van der Waals surface area contributed by atoms with E-state index in [9.17, 15) is 13.8 Å². The third kappa shape index (κ3) is 7.21. The molecule has 1 aliphatic heterocycles. The zero-order valence-corrected chi connectivity index (χ0v) is 25.1. The molecule has 0 radical (unpaired) electrons. The molecule has 1 N–H and O–H groups in total. The molecule has 0 aromatic heterocycles. The predicted molar refractivity (Wildman–Crippen MR) is 156 cm³/mol. The standard InChI is InChI=1S/C30H42N4O5S/c1-21-16-25(38-5)17-22(2)30(21)40(37)32(3)20-28(35)31-19-29(36)33(4)27-11-8-23-18-24(9-10-26(23)27)39-15-14-34-12-6-7-13-34/h9-10,16-18,27H,6-8,11-15,19-20H2,1-5H3,(H,31,35). The Morgan fingerprint density at radius 1 is 1.07 bits per heavy atom. The first kappa shape index (κ1) is 30.0. The van der Waals surface area contributed by atoms with Gasteiger partial charge in [-0.15, -0.1) is 0 Å². The van der Waals surface area contributed by atoms with Crippen LogP contribution in [0.1, 0.15) is 47.6 Å². The Labute approximate surface area is 240 Å². The number of fused-ring (bicyclic) bond motifs is 1. The number of carbonyl (C=O) groups is 2. The van der Waals surface area contributed by atoms with Crippen molar-refractivity contribution in [1.82, 2.24) is 19.4 Å². The molecule has 4 rings (SSSR count). The smallest absolute Gasteiger partial charge is 0.242 e. The van der Waals surface area contributed by atoms with Gasteiger partial charge < -0.3 is 19.7 Å². The third-order valence-electron chi connectivity index (χ3n) is 7.83. The zero-order valence-electron chi connectivity index (χ0n) is 24.3. The summed E-state index contributed by atoms with van der Waals surface area (Å²) in [5.74, 6) is 1.05. The van der Waals surface area contributed by atoms with Crippen LogP contribution in [0.2, 0.25) is 0 Å². The molecule has 218 valence electrons. The van der Waals surface area contributed by atoms with Crippen LogP contribution in [-0.2, 0) is 27.0 Å². The van der Waals surface area contributed by atoms with Gasteiger partial charge in [-0.05, 0) is 99.1 Å². The highest BCUT2D eigenvalue weighted by Crippen LogP contribution is 2.37. The molecule has 0 saturated carbocycles. The number of nitrogens with zero attached hydrogens (tertiary/aromatic N) is 3. The van der Waals surface area contributed by atoms with Crippen molar-refractivity contribution < 1.29 is 23.3 Å². The maximum Gasteiger partial charge on any atom is 0.242 e. The number of carbonyl (C=O) groups excluding carboxylic acids is 2. The number of likely N-dealkylation sites (N-methyl/N-ethyl adjacent to an activating group) is 2. The molecule has 10 heteroatoms. The molecule has 0 spiro atoms. The highest BCUT2D eigenvalue weighted by molar-refractivity contribution is 7.82. The first-order valence-corrected chi connectivity index (χ1v) is 15.1. The lowest BCUT2D eigenvalue weighted by Crippen LogP contribution is -2.43. The van der Waals surface area contributed by atoms with Crippen LogP contribution in [0.15, 0.2) is 35.2 Å². The average molecular weight is 571 g/mol. The molecule has 1 heterocycles. The lowest BCUT2D eigenvalue weighted by molar-refractivity contribution is -0.133. The van der Waals surface area contributed by atoms with E-state index in [1.165, 1.54) is 22.7 Å². The van der Waals surface area contributed by atoms with Crippen molar-refractivity contribution in [1.29, 1.82) is 0 Å². The number of hydrogen-bond donors (Lipinski definition) is 1. The van der Waals surface area contributed by atoms with Gasteiger partial charge in [0.25, 0.3) is 0 Å². The van der Waals surface area contributed by atoms with E-state index >= 15 is 0 Å². The Morgan fingerprint density at radius 3 is 2.45 bits per heavy atom. The van der Waals surface area contributed by atoms with Crippen LogP contribution in [-0.4, -0.2) is 90.7 Å². The number of nitrogens with one attached hydrogen (secondary N) is 1. The molecule has 1 saturated heterocycles. The molecule has 1 fully saturated rings. The second kappa shape index (κ2) is 13.6. The van der Waals surface area contributed by atoms with Crippen molar-refractivity contribution in [2.75, 3.05) is 60.5 Å². The SMILES string of the molecule is COc1cc(C)c(S(=O)N(C)CC(=O)NCC(=O)N(C)C2CCc3cc(OCCN4CCCC4)ccc32)c(C)c1. The van der Waals surface area contributed by atoms with Gasteiger partial charge in [-0.3, -0.25) is 14.5 Å². The molecule has 2 atom stereocenters. The van der Waals surface area contributed by atoms with Gasteiger partial charge in [0.15, 0.2) is 0 Å². The van der Waals surface area contributed by atoms with E-state index in [1.807, 2.05) is 32.0 Å². The van der Waals surface area contributed by atoms with Gasteiger partial charge >= 0.3 is 0 Å². The maximum atomic E-state index is 13.1. The number of hydrogen-bond acceptors (Lipinski definition) is 6. The Hall–Kier alpha value is -2.95. The molecular formula is C30H42N4O5S. The molecule has 0 bridgehead atoms. The first-order chi connectivity index (χ1) is 19.2. The van der Waals surface area contributed by atoms with Crippen molar-refractivity contribution in [2.45, 2.75) is 50.5 Å². The van der Waals surface area contributed by atoms with Crippen LogP contribution < -0.4 is 14.8 Å². The van der Waals surface area contributed by atoms with Crippen molar-refractivity contribution in [3.05, 3.63) is 52.6 Å². The van der Waals surface area contributed by atoms with E-state index in [2.05, 4.69) is 22.3 Å². The van der Waals surface area contributed by atoms with Crippen LogP contribution in [0.3, 0.4) is 0 Å². The van der Waals surface area contributed by atoms with Crippen LogP contribution in [0.5, 0.6) is 11.5 Å². The predicted octanol–water partition coefficient (Wildman–Crippen LogP) is 3.00. The molecular weight excluding hydrogens is 528 g/mol. The molecule has 2 unspecified atom stereocenters. The monoisotopic (exact) mass is 570 g/mol. The topological polar surface area (TPSA) is 91.4 Å². The highest BCUT2D eigenvalue weighted by Gasteiger charge is 2.29. The quantitative estimate of drug-likeness (QED) is 0.422. The number of benzene rings is 2. The Balaban J connectivity index is 1.25. The third-order valence-corrected chi connectivity index (χ3v) is 9.52. The van der Waals surface area contributed by atoms with Crippen molar-refractivity contribution in [3.63, 3.8) is 0 Å². The molecule has 2 aromatic carbocycles. The van der Waals surface area contributed by atoms with Gasteiger partial charge in [-0.1, -0.05) is 6.07 Å². The van der Waals surface area contributed by atoms with E-state index in [0.717, 1.165) is 54.9 Å². The lowest BCUT2D eigenvalue weighted by Gasteiger charge is -2.26. The fourth-order valence-corrected chi connectivity index (χ4v) is 6.83. The summed E-state index contributed by atoms with van der Waals surface area (Å²) >= 11 is 0. The fraction of sp³-hybridized carbons (Fsp3) is 0.533. The highest BCUT2D eigenvalue weighted by atomic mass is 32.2. The summed E-state index contributed by atoms with van der Waals surface area (Å²) in [6.45, 7) is 7.49. The summed E-state index contributed by atoms with van der Waals surface area (Å²) in [6.07, 6.45) is 4.27. The number of likely N-dealkylation sites (tertiary alicyclic amines) is 1. The van der Waals surface area contributed by atoms with E-state index in [-0.39, 0.29) is 30.9 Å². The minimum absolute atomic E-state index is 0.0331. The van der Waals surface area contributed by atoms with Crippen LogP contribution >= 0.6 is 0 Å². The van der Waals surface area contributed by atoms with Gasteiger partial charge in [-0.2, -0.15) is 0 Å². The summed E-state index contributed by atoms with van der Waals surface area (Å²) in [5, 5.41) is 2.70. The lowest BCUT2D eigenvalue weighted by atomic mass is 10.1. The summed E-state index contributed by atoms with van der Waals surface area (Å²) in [6, 6.07) is 9.77. The Bertz CT molecular complexity index is 1220. The Kier molecular flexibility index (Phi) is 10.2. The van der Waals surface area contributed by atoms with Crippen LogP contribution in [0.4, 0.5) is 0 Å². The summed E-state index contributed by atoms with van der Waals surface area (Å²) in [5.41, 5.74) is 4.00. The van der Waals surface area contributed by atoms with Crippen molar-refractivity contribution in [3.8, 4) is 11.5 Å².